The first-order chi connectivity index (χ1) is 14.5. The molecule has 7 heteroatoms. The van der Waals surface area contributed by atoms with Crippen LogP contribution in [0.25, 0.3) is 0 Å². The first-order valence-electron chi connectivity index (χ1n) is 11.2. The van der Waals surface area contributed by atoms with Gasteiger partial charge in [-0.25, -0.2) is 0 Å². The van der Waals surface area contributed by atoms with Gasteiger partial charge in [-0.05, 0) is 75.7 Å². The van der Waals surface area contributed by atoms with E-state index in [9.17, 15) is 14.4 Å². The minimum Gasteiger partial charge on any atom is -0.369 e. The summed E-state index contributed by atoms with van der Waals surface area (Å²) in [5.41, 5.74) is 7.39. The van der Waals surface area contributed by atoms with Crippen LogP contribution in [0.2, 0.25) is 0 Å². The van der Waals surface area contributed by atoms with Gasteiger partial charge in [0.2, 0.25) is 17.7 Å². The fraction of sp³-hybridized carbons (Fsp3) is 0.609. The van der Waals surface area contributed by atoms with Crippen LogP contribution in [0.5, 0.6) is 0 Å². The van der Waals surface area contributed by atoms with Crippen LogP contribution in [0.15, 0.2) is 24.3 Å². The number of rotatable bonds is 7. The molecule has 3 N–H and O–H groups in total. The van der Waals surface area contributed by atoms with Crippen LogP contribution >= 0.6 is 0 Å². The number of nitrogens with zero attached hydrogens (tertiary/aromatic N) is 2. The van der Waals surface area contributed by atoms with E-state index in [0.29, 0.717) is 6.54 Å². The van der Waals surface area contributed by atoms with Gasteiger partial charge in [0.25, 0.3) is 0 Å². The molecule has 1 aliphatic carbocycles. The number of nitrogens with two attached hydrogens (primary N) is 1. The topological polar surface area (TPSA) is 95.7 Å². The number of hydrogen-bond acceptors (Lipinski definition) is 4. The molecular weight excluding hydrogens is 380 g/mol. The van der Waals surface area contributed by atoms with E-state index in [0.717, 1.165) is 70.3 Å². The van der Waals surface area contributed by atoms with Crippen molar-refractivity contribution in [2.24, 2.45) is 17.6 Å². The van der Waals surface area contributed by atoms with Crippen molar-refractivity contribution in [1.29, 1.82) is 0 Å². The highest BCUT2D eigenvalue weighted by molar-refractivity contribution is 5.98. The Morgan fingerprint density at radius 2 is 1.63 bits per heavy atom. The highest BCUT2D eigenvalue weighted by Gasteiger charge is 2.40. The number of benzene rings is 1. The lowest BCUT2D eigenvalue weighted by atomic mass is 9.96. The van der Waals surface area contributed by atoms with E-state index >= 15 is 0 Å². The Morgan fingerprint density at radius 3 is 2.27 bits per heavy atom. The van der Waals surface area contributed by atoms with E-state index < -0.39 is 0 Å². The normalized spacial score (nSPS) is 22.8. The third-order valence-corrected chi connectivity index (χ3v) is 6.69. The smallest absolute Gasteiger partial charge is 0.247 e. The average Bonchev–Trinajstić information content (AvgIpc) is 3.49. The Hall–Kier alpha value is -2.41. The molecule has 2 heterocycles. The number of nitrogens with one attached hydrogen (secondary N) is 1. The molecule has 1 saturated carbocycles. The van der Waals surface area contributed by atoms with Crippen molar-refractivity contribution in [1.82, 2.24) is 9.80 Å². The summed E-state index contributed by atoms with van der Waals surface area (Å²) in [7, 11) is 0. The molecule has 0 aromatic heterocycles. The number of anilines is 1. The lowest BCUT2D eigenvalue weighted by Crippen LogP contribution is -2.43. The fourth-order valence-corrected chi connectivity index (χ4v) is 4.58. The zero-order chi connectivity index (χ0) is 21.1. The molecular formula is C23H32N4O3. The molecule has 3 aliphatic rings. The largest absolute Gasteiger partial charge is 0.369 e. The van der Waals surface area contributed by atoms with Gasteiger partial charge >= 0.3 is 0 Å². The lowest BCUT2D eigenvalue weighted by molar-refractivity contribution is -0.137. The highest BCUT2D eigenvalue weighted by atomic mass is 16.2. The number of amides is 3. The van der Waals surface area contributed by atoms with Gasteiger partial charge in [-0.15, -0.1) is 0 Å². The molecule has 4 rings (SSSR count). The summed E-state index contributed by atoms with van der Waals surface area (Å²) in [6.07, 6.45) is 6.20. The Labute approximate surface area is 178 Å². The zero-order valence-electron chi connectivity index (χ0n) is 17.5. The molecule has 1 aromatic rings. The molecule has 162 valence electrons. The second-order valence-electron chi connectivity index (χ2n) is 8.92. The van der Waals surface area contributed by atoms with Gasteiger partial charge in [-0.3, -0.25) is 14.4 Å². The van der Waals surface area contributed by atoms with Crippen LogP contribution in [-0.2, 0) is 20.8 Å². The molecule has 0 bridgehead atoms. The van der Waals surface area contributed by atoms with Crippen LogP contribution in [0.3, 0.4) is 0 Å². The summed E-state index contributed by atoms with van der Waals surface area (Å²) in [5.74, 6) is 0.0816. The maximum absolute atomic E-state index is 12.7. The van der Waals surface area contributed by atoms with E-state index in [2.05, 4.69) is 10.2 Å². The summed E-state index contributed by atoms with van der Waals surface area (Å²) in [4.78, 5) is 40.5. The number of hydrogen-bond donors (Lipinski definition) is 2. The number of likely N-dealkylation sites (tertiary alicyclic amines) is 2. The lowest BCUT2D eigenvalue weighted by Gasteiger charge is -2.30. The van der Waals surface area contributed by atoms with Crippen molar-refractivity contribution >= 4 is 23.4 Å². The van der Waals surface area contributed by atoms with Gasteiger partial charge in [-0.2, -0.15) is 0 Å². The second-order valence-corrected chi connectivity index (χ2v) is 8.92. The SMILES string of the molecule is NC(=O)C1CCN(CCc2ccc(NC(=O)C3CCCN3C(=O)C3CC3)cc2)CC1. The third kappa shape index (κ3) is 5.01. The van der Waals surface area contributed by atoms with Crippen molar-refractivity contribution in [2.75, 3.05) is 31.5 Å². The van der Waals surface area contributed by atoms with Gasteiger partial charge in [-0.1, -0.05) is 12.1 Å². The van der Waals surface area contributed by atoms with Crippen molar-refractivity contribution in [3.63, 3.8) is 0 Å². The minimum absolute atomic E-state index is 0.0273. The Kier molecular flexibility index (Phi) is 6.37. The molecule has 7 nitrogen and oxygen atoms in total. The molecule has 3 amide bonds. The van der Waals surface area contributed by atoms with Crippen LogP contribution in [0.4, 0.5) is 5.69 Å². The van der Waals surface area contributed by atoms with Crippen LogP contribution in [0.1, 0.15) is 44.1 Å². The summed E-state index contributed by atoms with van der Waals surface area (Å²) >= 11 is 0. The van der Waals surface area contributed by atoms with E-state index in [1.807, 2.05) is 24.3 Å². The summed E-state index contributed by atoms with van der Waals surface area (Å²) in [6.45, 7) is 3.49. The van der Waals surface area contributed by atoms with Crippen molar-refractivity contribution in [3.8, 4) is 0 Å². The first kappa shape index (κ1) is 20.8. The van der Waals surface area contributed by atoms with E-state index in [4.69, 9.17) is 5.73 Å². The molecule has 2 saturated heterocycles. The summed E-state index contributed by atoms with van der Waals surface area (Å²) < 4.78 is 0. The zero-order valence-corrected chi connectivity index (χ0v) is 17.5. The predicted octanol–water partition coefficient (Wildman–Crippen LogP) is 1.77. The minimum atomic E-state index is -0.332. The number of primary amides is 1. The average molecular weight is 413 g/mol. The van der Waals surface area contributed by atoms with Gasteiger partial charge < -0.3 is 20.9 Å². The van der Waals surface area contributed by atoms with Crippen LogP contribution in [0, 0.1) is 11.8 Å². The van der Waals surface area contributed by atoms with E-state index in [-0.39, 0.29) is 35.6 Å². The standard InChI is InChI=1S/C23H32N4O3/c24-21(28)17-10-14-26(15-11-17)13-9-16-3-7-19(8-4-16)25-22(29)20-2-1-12-27(20)23(30)18-5-6-18/h3-4,7-8,17-18,20H,1-2,5-6,9-15H2,(H2,24,28)(H,25,29). The Bertz CT molecular complexity index is 782. The van der Waals surface area contributed by atoms with E-state index in [1.54, 1.807) is 4.90 Å². The quantitative estimate of drug-likeness (QED) is 0.713. The monoisotopic (exact) mass is 412 g/mol. The van der Waals surface area contributed by atoms with Gasteiger partial charge in [0.1, 0.15) is 6.04 Å². The maximum Gasteiger partial charge on any atom is 0.247 e. The fourth-order valence-electron chi connectivity index (χ4n) is 4.58. The van der Waals surface area contributed by atoms with Crippen molar-refractivity contribution < 1.29 is 14.4 Å². The molecule has 1 unspecified atom stereocenters. The number of piperidine rings is 1. The van der Waals surface area contributed by atoms with Gasteiger partial charge in [0.05, 0.1) is 0 Å². The highest BCUT2D eigenvalue weighted by Crippen LogP contribution is 2.34. The molecule has 30 heavy (non-hydrogen) atoms. The van der Waals surface area contributed by atoms with Crippen molar-refractivity contribution in [3.05, 3.63) is 29.8 Å². The van der Waals surface area contributed by atoms with Gasteiger partial charge in [0, 0.05) is 30.6 Å². The van der Waals surface area contributed by atoms with E-state index in [1.165, 1.54) is 5.56 Å². The Balaban J connectivity index is 1.24. The molecule has 1 aromatic carbocycles. The Morgan fingerprint density at radius 1 is 0.933 bits per heavy atom. The van der Waals surface area contributed by atoms with Crippen LogP contribution in [-0.4, -0.2) is 59.7 Å². The van der Waals surface area contributed by atoms with Gasteiger partial charge in [0.15, 0.2) is 0 Å². The number of carbonyl (C=O) groups is 3. The number of carbonyl (C=O) groups excluding carboxylic acids is 3. The maximum atomic E-state index is 12.7. The first-order valence-corrected chi connectivity index (χ1v) is 11.2. The van der Waals surface area contributed by atoms with Crippen LogP contribution < -0.4 is 11.1 Å². The van der Waals surface area contributed by atoms with Crippen molar-refractivity contribution in [2.45, 2.75) is 51.0 Å². The molecule has 0 radical (unpaired) electrons. The third-order valence-electron chi connectivity index (χ3n) is 6.69. The summed E-state index contributed by atoms with van der Waals surface area (Å²) in [6, 6.07) is 7.64. The predicted molar refractivity (Wildman–Crippen MR) is 115 cm³/mol. The molecule has 2 aliphatic heterocycles. The molecule has 0 spiro atoms. The summed E-state index contributed by atoms with van der Waals surface area (Å²) in [5, 5.41) is 2.99. The second kappa shape index (κ2) is 9.16. The molecule has 3 fully saturated rings. The molecule has 1 atom stereocenters.